The molecule has 3 heterocycles. The van der Waals surface area contributed by atoms with Crippen LogP contribution < -0.4 is 9.46 Å². The molecule has 0 amide bonds. The maximum absolute atomic E-state index is 10.2. The summed E-state index contributed by atoms with van der Waals surface area (Å²) in [7, 11) is -1.19. The highest BCUT2D eigenvalue weighted by Gasteiger charge is 2.26. The topological polar surface area (TPSA) is 86.2 Å². The van der Waals surface area contributed by atoms with Crippen LogP contribution in [0.1, 0.15) is 5.69 Å². The lowest BCUT2D eigenvalue weighted by atomic mass is 10.2. The molecule has 0 spiro atoms. The molecular weight excluding hydrogens is 336 g/mol. The monoisotopic (exact) mass is 358 g/mol. The van der Waals surface area contributed by atoms with Gasteiger partial charge in [0.05, 0.1) is 10.8 Å². The molecule has 25 heavy (non-hydrogen) atoms. The van der Waals surface area contributed by atoms with Gasteiger partial charge in [-0.25, -0.2) is 0 Å². The second-order valence-electron chi connectivity index (χ2n) is 7.28. The van der Waals surface area contributed by atoms with E-state index < -0.39 is 8.07 Å². The first-order valence-corrected chi connectivity index (χ1v) is 11.8. The van der Waals surface area contributed by atoms with Crippen LogP contribution in [-0.4, -0.2) is 29.7 Å². The van der Waals surface area contributed by atoms with E-state index in [1.807, 2.05) is 12.1 Å². The summed E-state index contributed by atoms with van der Waals surface area (Å²) in [5.74, 6) is 0. The molecule has 0 bridgehead atoms. The molecule has 7 nitrogen and oxygen atoms in total. The normalized spacial score (nSPS) is 11.9. The second-order valence-corrected chi connectivity index (χ2v) is 12.9. The molecular formula is C17H22N4O3Si+2. The van der Waals surface area contributed by atoms with Crippen molar-refractivity contribution in [2.24, 2.45) is 0 Å². The van der Waals surface area contributed by atoms with Crippen molar-refractivity contribution in [1.82, 2.24) is 4.57 Å². The van der Waals surface area contributed by atoms with Gasteiger partial charge in [0.1, 0.15) is 6.20 Å². The third-order valence-electron chi connectivity index (χ3n) is 4.16. The van der Waals surface area contributed by atoms with E-state index in [-0.39, 0.29) is 12.4 Å². The average molecular weight is 358 g/mol. The molecule has 0 aliphatic heterocycles. The predicted molar refractivity (Wildman–Crippen MR) is 93.0 cm³/mol. The second kappa shape index (κ2) is 6.35. The summed E-state index contributed by atoms with van der Waals surface area (Å²) in [5.41, 5.74) is 1.36. The highest BCUT2D eigenvalue weighted by atomic mass is 28.3. The Hall–Kier alpha value is -2.63. The van der Waals surface area contributed by atoms with E-state index in [1.54, 1.807) is 16.7 Å². The van der Waals surface area contributed by atoms with E-state index in [9.17, 15) is 10.4 Å². The number of nitrogens with zero attached hydrogens (tertiary/aromatic N) is 4. The van der Waals surface area contributed by atoms with Gasteiger partial charge >= 0.3 is 11.3 Å². The summed E-state index contributed by atoms with van der Waals surface area (Å²) in [5, 5.41) is 30.9. The fourth-order valence-corrected chi connectivity index (χ4v) is 3.55. The van der Waals surface area contributed by atoms with Crippen molar-refractivity contribution < 1.29 is 24.6 Å². The maximum atomic E-state index is 10.2. The van der Waals surface area contributed by atoms with Gasteiger partial charge in [0, 0.05) is 25.5 Å². The lowest BCUT2D eigenvalue weighted by molar-refractivity contribution is -0.905. The zero-order valence-corrected chi connectivity index (χ0v) is 15.6. The Morgan fingerprint density at radius 3 is 2.68 bits per heavy atom. The van der Waals surface area contributed by atoms with Crippen LogP contribution in [-0.2, 0) is 11.5 Å². The molecule has 0 aromatic carbocycles. The smallest absolute Gasteiger partial charge is 0.334 e. The summed E-state index contributed by atoms with van der Waals surface area (Å²) in [4.78, 5) is 0. The number of fused-ring (bicyclic) bond motifs is 3. The average Bonchev–Trinajstić information content (AvgIpc) is 2.84. The Labute approximate surface area is 146 Å². The first kappa shape index (κ1) is 17.2. The molecule has 0 fully saturated rings. The fourth-order valence-electron chi connectivity index (χ4n) is 2.79. The van der Waals surface area contributed by atoms with Crippen LogP contribution in [0, 0.1) is 11.3 Å². The molecule has 2 N–H and O–H groups in total. The van der Waals surface area contributed by atoms with Crippen LogP contribution in [0.4, 0.5) is 0 Å². The van der Waals surface area contributed by atoms with Gasteiger partial charge in [0.15, 0.2) is 12.8 Å². The molecule has 8 heteroatoms. The Kier molecular flexibility index (Phi) is 4.37. The molecule has 0 saturated heterocycles. The predicted octanol–water partition coefficient (Wildman–Crippen LogP) is 2.03. The third kappa shape index (κ3) is 3.29. The molecule has 3 aromatic heterocycles. The Bertz CT molecular complexity index is 986. The van der Waals surface area contributed by atoms with Crippen molar-refractivity contribution in [2.75, 3.05) is 6.61 Å². The molecule has 0 radical (unpaired) electrons. The van der Waals surface area contributed by atoms with Crippen LogP contribution in [0.2, 0.25) is 25.7 Å². The molecule has 130 valence electrons. The van der Waals surface area contributed by atoms with E-state index in [1.165, 1.54) is 12.4 Å². The number of hydrogen-bond acceptors (Lipinski definition) is 4. The standard InChI is InChI=1S/C17H22N4O3Si/c1-25(2,3)8-7-24-12-19-16-11-21(23)13(10-18)9-15(16)14-5-4-6-20(22)17(14)19/h4-6,9,11,22-23H,7-8,12H2,1-3H3/q+2. The highest BCUT2D eigenvalue weighted by Crippen LogP contribution is 2.26. The highest BCUT2D eigenvalue weighted by molar-refractivity contribution is 6.76. The summed E-state index contributed by atoms with van der Waals surface area (Å²) in [6.45, 7) is 7.76. The minimum Gasteiger partial charge on any atom is -0.350 e. The number of hydrogen-bond donors (Lipinski definition) is 2. The van der Waals surface area contributed by atoms with Crippen LogP contribution in [0.5, 0.6) is 0 Å². The Balaban J connectivity index is 2.08. The van der Waals surface area contributed by atoms with Gasteiger partial charge in [-0.3, -0.25) is 5.21 Å². The van der Waals surface area contributed by atoms with Crippen molar-refractivity contribution in [3.05, 3.63) is 36.3 Å². The van der Waals surface area contributed by atoms with Gasteiger partial charge in [-0.1, -0.05) is 24.4 Å². The minimum absolute atomic E-state index is 0.125. The van der Waals surface area contributed by atoms with Crippen LogP contribution in [0.3, 0.4) is 0 Å². The molecule has 0 aliphatic carbocycles. The van der Waals surface area contributed by atoms with Gasteiger partial charge in [-0.2, -0.15) is 9.83 Å². The summed E-state index contributed by atoms with van der Waals surface area (Å²) < 4.78 is 9.46. The van der Waals surface area contributed by atoms with Gasteiger partial charge in [0.25, 0.3) is 6.20 Å². The van der Waals surface area contributed by atoms with Crippen molar-refractivity contribution >= 4 is 30.0 Å². The van der Waals surface area contributed by atoms with Crippen molar-refractivity contribution in [3.63, 3.8) is 0 Å². The minimum atomic E-state index is -1.19. The zero-order chi connectivity index (χ0) is 18.2. The lowest BCUT2D eigenvalue weighted by Crippen LogP contribution is -2.34. The number of aromatic nitrogens is 3. The van der Waals surface area contributed by atoms with Gasteiger partial charge in [-0.15, -0.1) is 0 Å². The van der Waals surface area contributed by atoms with Gasteiger partial charge < -0.3 is 9.94 Å². The molecule has 0 saturated carbocycles. The van der Waals surface area contributed by atoms with E-state index in [0.717, 1.165) is 26.3 Å². The Morgan fingerprint density at radius 1 is 1.24 bits per heavy atom. The van der Waals surface area contributed by atoms with Gasteiger partial charge in [0.2, 0.25) is 5.52 Å². The number of ether oxygens (including phenoxy) is 1. The van der Waals surface area contributed by atoms with Crippen LogP contribution in [0.15, 0.2) is 30.6 Å². The molecule has 0 atom stereocenters. The Morgan fingerprint density at radius 2 is 2.00 bits per heavy atom. The maximum Gasteiger partial charge on any atom is 0.334 e. The van der Waals surface area contributed by atoms with Crippen LogP contribution >= 0.6 is 0 Å². The lowest BCUT2D eigenvalue weighted by Gasteiger charge is -2.14. The van der Waals surface area contributed by atoms with Crippen molar-refractivity contribution in [2.45, 2.75) is 32.4 Å². The summed E-state index contributed by atoms with van der Waals surface area (Å²) in [6.07, 6.45) is 3.01. The van der Waals surface area contributed by atoms with E-state index in [4.69, 9.17) is 10.00 Å². The number of pyridine rings is 2. The van der Waals surface area contributed by atoms with E-state index in [0.29, 0.717) is 17.8 Å². The van der Waals surface area contributed by atoms with Crippen LogP contribution in [0.25, 0.3) is 21.9 Å². The quantitative estimate of drug-likeness (QED) is 0.316. The summed E-state index contributed by atoms with van der Waals surface area (Å²) in [6, 6.07) is 8.20. The first-order valence-electron chi connectivity index (χ1n) is 8.10. The van der Waals surface area contributed by atoms with E-state index in [2.05, 4.69) is 19.6 Å². The van der Waals surface area contributed by atoms with E-state index >= 15 is 0 Å². The summed E-state index contributed by atoms with van der Waals surface area (Å²) >= 11 is 0. The number of nitriles is 1. The molecule has 0 unspecified atom stereocenters. The van der Waals surface area contributed by atoms with Crippen molar-refractivity contribution in [3.8, 4) is 6.07 Å². The largest absolute Gasteiger partial charge is 0.350 e. The SMILES string of the molecule is C[Si](C)(C)CCOCn1c2c[n+](O)c(C#N)cc2c2ccc[n+](O)c21. The molecule has 3 rings (SSSR count). The van der Waals surface area contributed by atoms with Crippen molar-refractivity contribution in [1.29, 1.82) is 5.26 Å². The first-order chi connectivity index (χ1) is 11.8. The molecule has 3 aromatic rings. The zero-order valence-electron chi connectivity index (χ0n) is 14.6. The van der Waals surface area contributed by atoms with Gasteiger partial charge in [-0.05, 0) is 18.2 Å². The number of rotatable bonds is 5. The molecule has 0 aliphatic rings. The third-order valence-corrected chi connectivity index (χ3v) is 5.87. The fraction of sp³-hybridized carbons (Fsp3) is 0.353.